The molecule has 10 nitrogen and oxygen atoms in total. The summed E-state index contributed by atoms with van der Waals surface area (Å²) in [6, 6.07) is 33.0. The molecule has 4 aromatic heterocycles. The minimum atomic E-state index is 0.175. The molecule has 0 bridgehead atoms. The van der Waals surface area contributed by atoms with Crippen molar-refractivity contribution in [3.05, 3.63) is 119 Å². The normalized spacial score (nSPS) is 15.6. The van der Waals surface area contributed by atoms with Crippen LogP contribution in [0.25, 0.3) is 66.6 Å². The van der Waals surface area contributed by atoms with Crippen LogP contribution in [0.5, 0.6) is 11.5 Å². The largest absolute Gasteiger partial charge is 0.493 e. The van der Waals surface area contributed by atoms with E-state index in [1.165, 1.54) is 12.8 Å². The molecule has 6 atom stereocenters. The first-order valence-electron chi connectivity index (χ1n) is 31.0. The van der Waals surface area contributed by atoms with Crippen LogP contribution in [0.4, 0.5) is 0 Å². The first-order chi connectivity index (χ1) is 39.4. The number of H-pyrrole nitrogens is 2. The number of nitriles is 2. The van der Waals surface area contributed by atoms with Gasteiger partial charge in [-0.25, -0.2) is 9.97 Å². The summed E-state index contributed by atoms with van der Waals surface area (Å²) >= 11 is 0. The van der Waals surface area contributed by atoms with Gasteiger partial charge in [0.2, 0.25) is 11.8 Å². The molecule has 4 heterocycles. The number of aromatic amines is 2. The van der Waals surface area contributed by atoms with Crippen LogP contribution < -0.4 is 20.2 Å². The number of benzene rings is 4. The van der Waals surface area contributed by atoms with Crippen molar-refractivity contribution in [1.82, 2.24) is 19.9 Å². The molecule has 0 radical (unpaired) electrons. The van der Waals surface area contributed by atoms with Crippen LogP contribution in [0, 0.1) is 93.7 Å². The number of nitrogens with one attached hydrogen (secondary N) is 2. The van der Waals surface area contributed by atoms with Crippen molar-refractivity contribution in [3.63, 3.8) is 0 Å². The molecule has 2 N–H and O–H groups in total. The van der Waals surface area contributed by atoms with Gasteiger partial charge in [0.15, 0.2) is 11.2 Å². The van der Waals surface area contributed by atoms with Crippen LogP contribution in [-0.4, -0.2) is 33.1 Å². The summed E-state index contributed by atoms with van der Waals surface area (Å²) in [5, 5.41) is 25.2. The van der Waals surface area contributed by atoms with Crippen LogP contribution in [0.1, 0.15) is 185 Å². The van der Waals surface area contributed by atoms with Crippen LogP contribution in [0.15, 0.2) is 93.8 Å². The summed E-state index contributed by atoms with van der Waals surface area (Å²) in [5.41, 5.74) is 8.72. The fourth-order valence-electron chi connectivity index (χ4n) is 13.3. The van der Waals surface area contributed by atoms with Crippen LogP contribution >= 0.6 is 0 Å². The molecule has 4 aromatic carbocycles. The maximum atomic E-state index is 11.4. The average molecular weight is 1130 g/mol. The van der Waals surface area contributed by atoms with E-state index in [0.29, 0.717) is 104 Å². The summed E-state index contributed by atoms with van der Waals surface area (Å²) in [6.07, 6.45) is 8.97. The van der Waals surface area contributed by atoms with E-state index in [0.717, 1.165) is 72.3 Å². The molecule has 0 spiro atoms. The molecule has 8 rings (SSSR count). The Bertz CT molecular complexity index is 3540. The van der Waals surface area contributed by atoms with E-state index in [9.17, 15) is 10.5 Å². The monoisotopic (exact) mass is 1130 g/mol. The van der Waals surface area contributed by atoms with E-state index in [4.69, 9.17) is 28.3 Å². The molecule has 8 aromatic rings. The number of hydrogen-bond donors (Lipinski definition) is 2. The zero-order chi connectivity index (χ0) is 61.1. The summed E-state index contributed by atoms with van der Waals surface area (Å²) < 4.78 is 26.8. The maximum Gasteiger partial charge on any atom is 0.240 e. The van der Waals surface area contributed by atoms with E-state index >= 15 is 0 Å². The van der Waals surface area contributed by atoms with Gasteiger partial charge in [-0.15, -0.1) is 0 Å². The first-order valence-corrected chi connectivity index (χ1v) is 31.0. The quantitative estimate of drug-likeness (QED) is 0.0681. The van der Waals surface area contributed by atoms with Gasteiger partial charge in [0, 0.05) is 21.9 Å². The van der Waals surface area contributed by atoms with Crippen molar-refractivity contribution < 1.29 is 18.3 Å². The highest BCUT2D eigenvalue weighted by Crippen LogP contribution is 2.39. The predicted octanol–water partition coefficient (Wildman–Crippen LogP) is 19.0. The Balaban J connectivity index is 1.32. The lowest BCUT2D eigenvalue weighted by atomic mass is 9.76. The SMILES string of the molecule is Cc1ccc2oc(/C(C#N)=c3\[nH]c(-c4cccc(OCC(CCC(C)CC(C)(C)C)C(C)CC(C)(C)C)c4)c4/c(=C(\C#N)c5nc6cc(C)ccc6o5)[nH]c(-c5cccc(OCC(CCC(C)CC(C)(C)C)C(C)CC(C)(C)C)c5)c34)nc2c1. The second-order valence-electron chi connectivity index (χ2n) is 30.0. The Labute approximate surface area is 501 Å². The predicted molar refractivity (Wildman–Crippen MR) is 346 cm³/mol. The van der Waals surface area contributed by atoms with Crippen molar-refractivity contribution in [2.75, 3.05) is 13.2 Å². The third-order valence-corrected chi connectivity index (χ3v) is 16.6. The van der Waals surface area contributed by atoms with Gasteiger partial charge in [-0.1, -0.05) is 160 Å². The molecule has 10 heteroatoms. The number of fused-ring (bicyclic) bond motifs is 3. The van der Waals surface area contributed by atoms with Crippen molar-refractivity contribution >= 4 is 44.1 Å². The molecular formula is C74H96N6O4. The fourth-order valence-corrected chi connectivity index (χ4v) is 13.3. The standard InChI is InChI=1S/C74H96N6O4/c1-45-27-31-61-59(33-45)77-69(83-61)57(41-75)67-63-64(66(79-67)52-22-20-24-56(36-52)82-44-54(50(6)40-74(16,17)18)30-26-48(4)38-72(10,11)12)68(58(42-76)70-78-60-34-46(2)28-32-62(60)84-70)80-65(63)51-21-19-23-55(35-51)81-43-53(49(5)39-73(13,14)15)29-25-47(3)37-71(7,8)9/h19-24,27-28,31-36,47-50,53-54,79-80H,25-26,29-30,37-40,43-44H2,1-18H3/b67-57-,68-58-. The number of hydrogen-bond acceptors (Lipinski definition) is 8. The number of rotatable bonds is 22. The molecule has 0 fully saturated rings. The van der Waals surface area contributed by atoms with E-state index < -0.39 is 0 Å². The number of oxazole rings is 2. The topological polar surface area (TPSA) is 150 Å². The first kappa shape index (κ1) is 63.0. The second-order valence-corrected chi connectivity index (χ2v) is 30.0. The van der Waals surface area contributed by atoms with Crippen LogP contribution in [-0.2, 0) is 0 Å². The molecule has 0 aliphatic rings. The fraction of sp³-hybridized carbons (Fsp3) is 0.514. The molecule has 84 heavy (non-hydrogen) atoms. The lowest BCUT2D eigenvalue weighted by Crippen LogP contribution is -2.25. The molecule has 6 unspecified atom stereocenters. The lowest BCUT2D eigenvalue weighted by Gasteiger charge is -2.31. The van der Waals surface area contributed by atoms with Gasteiger partial charge in [-0.2, -0.15) is 10.5 Å². The molecule has 0 aliphatic heterocycles. The Morgan fingerprint density at radius 1 is 0.500 bits per heavy atom. The lowest BCUT2D eigenvalue weighted by molar-refractivity contribution is 0.147. The molecule has 0 saturated heterocycles. The third kappa shape index (κ3) is 16.2. The van der Waals surface area contributed by atoms with E-state index in [1.54, 1.807) is 0 Å². The van der Waals surface area contributed by atoms with E-state index in [1.807, 2.05) is 86.6 Å². The van der Waals surface area contributed by atoms with E-state index in [2.05, 4.69) is 145 Å². The Kier molecular flexibility index (Phi) is 19.2. The van der Waals surface area contributed by atoms with Crippen molar-refractivity contribution in [3.8, 4) is 46.2 Å². The van der Waals surface area contributed by atoms with Gasteiger partial charge >= 0.3 is 0 Å². The average Bonchev–Trinajstić information content (AvgIpc) is 1.82. The van der Waals surface area contributed by atoms with Gasteiger partial charge < -0.3 is 28.3 Å². The smallest absolute Gasteiger partial charge is 0.240 e. The maximum absolute atomic E-state index is 11.4. The van der Waals surface area contributed by atoms with Crippen molar-refractivity contribution in [2.24, 2.45) is 57.2 Å². The molecule has 0 saturated carbocycles. The zero-order valence-electron chi connectivity index (χ0n) is 54.0. The van der Waals surface area contributed by atoms with Crippen LogP contribution in [0.3, 0.4) is 0 Å². The van der Waals surface area contributed by atoms with E-state index in [-0.39, 0.29) is 44.6 Å². The van der Waals surface area contributed by atoms with Crippen LogP contribution in [0.2, 0.25) is 0 Å². The highest BCUT2D eigenvalue weighted by atomic mass is 16.5. The highest BCUT2D eigenvalue weighted by Gasteiger charge is 2.30. The zero-order valence-corrected chi connectivity index (χ0v) is 54.0. The number of nitrogens with zero attached hydrogens (tertiary/aromatic N) is 4. The van der Waals surface area contributed by atoms with Gasteiger partial charge in [-0.05, 0) is 169 Å². The second kappa shape index (κ2) is 25.7. The van der Waals surface area contributed by atoms with Gasteiger partial charge in [0.05, 0.1) is 35.3 Å². The molecule has 446 valence electrons. The Morgan fingerprint density at radius 3 is 1.21 bits per heavy atom. The molecule has 0 amide bonds. The molecule has 0 aliphatic carbocycles. The summed E-state index contributed by atoms with van der Waals surface area (Å²) in [5.74, 6) is 4.59. The van der Waals surface area contributed by atoms with Gasteiger partial charge in [-0.3, -0.25) is 0 Å². The Morgan fingerprint density at radius 2 is 0.869 bits per heavy atom. The number of aromatic nitrogens is 4. The summed E-state index contributed by atoms with van der Waals surface area (Å²) in [7, 11) is 0. The van der Waals surface area contributed by atoms with Crippen molar-refractivity contribution in [1.29, 1.82) is 10.5 Å². The highest BCUT2D eigenvalue weighted by molar-refractivity contribution is 6.07. The van der Waals surface area contributed by atoms with Gasteiger partial charge in [0.1, 0.15) is 45.8 Å². The summed E-state index contributed by atoms with van der Waals surface area (Å²) in [6.45, 7) is 42.7. The summed E-state index contributed by atoms with van der Waals surface area (Å²) in [4.78, 5) is 17.4. The minimum absolute atomic E-state index is 0.175. The minimum Gasteiger partial charge on any atom is -0.493 e. The number of aryl methyl sites for hydroxylation is 2. The van der Waals surface area contributed by atoms with Crippen molar-refractivity contribution in [2.45, 2.75) is 176 Å². The Hall–Kier alpha value is -7.04. The number of ether oxygens (including phenoxy) is 2. The molecular weight excluding hydrogens is 1040 g/mol. The third-order valence-electron chi connectivity index (χ3n) is 16.6. The van der Waals surface area contributed by atoms with Gasteiger partial charge in [0.25, 0.3) is 0 Å².